The Morgan fingerprint density at radius 2 is 1.81 bits per heavy atom. The van der Waals surface area contributed by atoms with Crippen molar-refractivity contribution in [3.8, 4) is 11.3 Å². The number of anilines is 1. The van der Waals surface area contributed by atoms with Crippen molar-refractivity contribution >= 4 is 11.7 Å². The minimum atomic E-state index is -0.292. The Labute approximate surface area is 180 Å². The Hall–Kier alpha value is -3.59. The van der Waals surface area contributed by atoms with Crippen LogP contribution in [0.4, 0.5) is 5.82 Å². The molecule has 0 saturated carbocycles. The van der Waals surface area contributed by atoms with Crippen molar-refractivity contribution in [3.05, 3.63) is 71.2 Å². The van der Waals surface area contributed by atoms with Gasteiger partial charge in [-0.3, -0.25) is 14.2 Å². The number of benzene rings is 1. The van der Waals surface area contributed by atoms with Crippen LogP contribution in [0.5, 0.6) is 0 Å². The van der Waals surface area contributed by atoms with E-state index < -0.39 is 0 Å². The van der Waals surface area contributed by atoms with Crippen molar-refractivity contribution in [2.45, 2.75) is 6.54 Å². The molecule has 0 atom stereocenters. The molecule has 1 fully saturated rings. The predicted octanol–water partition coefficient (Wildman–Crippen LogP) is 0.882. The number of nitrogens with zero attached hydrogens (tertiary/aromatic N) is 6. The van der Waals surface area contributed by atoms with Gasteiger partial charge in [0.25, 0.3) is 11.5 Å². The van der Waals surface area contributed by atoms with Crippen LogP contribution in [0.1, 0.15) is 10.5 Å². The minimum absolute atomic E-state index is 0.164. The van der Waals surface area contributed by atoms with Gasteiger partial charge in [0.2, 0.25) is 0 Å². The van der Waals surface area contributed by atoms with Gasteiger partial charge < -0.3 is 15.1 Å². The first-order chi connectivity index (χ1) is 15.1. The van der Waals surface area contributed by atoms with Crippen LogP contribution in [0.2, 0.25) is 0 Å². The molecule has 0 spiro atoms. The van der Waals surface area contributed by atoms with Gasteiger partial charge in [0.05, 0.1) is 12.0 Å². The average molecular weight is 419 g/mol. The molecule has 3 aromatic rings. The second-order valence-electron chi connectivity index (χ2n) is 7.48. The SMILES string of the molecule is CN1CCN(c2cc(C(=O)NCCn3cnc(-c4ccccc4)cc3=O)ncn2)CC1. The van der Waals surface area contributed by atoms with E-state index in [2.05, 4.69) is 37.1 Å². The highest BCUT2D eigenvalue weighted by Gasteiger charge is 2.17. The normalized spacial score (nSPS) is 14.4. The number of carbonyl (C=O) groups excluding carboxylic acids is 1. The summed E-state index contributed by atoms with van der Waals surface area (Å²) in [6.07, 6.45) is 2.92. The third kappa shape index (κ3) is 5.13. The number of piperazine rings is 1. The molecule has 2 aromatic heterocycles. The molecular formula is C22H25N7O2. The van der Waals surface area contributed by atoms with E-state index in [4.69, 9.17) is 0 Å². The van der Waals surface area contributed by atoms with E-state index in [0.717, 1.165) is 37.6 Å². The van der Waals surface area contributed by atoms with Crippen LogP contribution in [0.3, 0.4) is 0 Å². The van der Waals surface area contributed by atoms with Crippen molar-refractivity contribution in [3.63, 3.8) is 0 Å². The zero-order chi connectivity index (χ0) is 21.6. The lowest BCUT2D eigenvalue weighted by Crippen LogP contribution is -2.45. The summed E-state index contributed by atoms with van der Waals surface area (Å²) < 4.78 is 1.47. The van der Waals surface area contributed by atoms with Gasteiger partial charge >= 0.3 is 0 Å². The Morgan fingerprint density at radius 3 is 2.55 bits per heavy atom. The summed E-state index contributed by atoms with van der Waals surface area (Å²) in [6.45, 7) is 4.25. The first-order valence-corrected chi connectivity index (χ1v) is 10.3. The lowest BCUT2D eigenvalue weighted by atomic mass is 10.1. The summed E-state index contributed by atoms with van der Waals surface area (Å²) in [4.78, 5) is 42.1. The first kappa shape index (κ1) is 20.7. The second-order valence-corrected chi connectivity index (χ2v) is 7.48. The van der Waals surface area contributed by atoms with Crippen LogP contribution in [0, 0.1) is 0 Å². The van der Waals surface area contributed by atoms with Crippen LogP contribution < -0.4 is 15.8 Å². The molecule has 160 valence electrons. The van der Waals surface area contributed by atoms with Crippen LogP contribution in [-0.4, -0.2) is 70.1 Å². The summed E-state index contributed by atoms with van der Waals surface area (Å²) in [6, 6.07) is 12.8. The molecule has 3 heterocycles. The van der Waals surface area contributed by atoms with E-state index in [0.29, 0.717) is 24.5 Å². The monoisotopic (exact) mass is 419 g/mol. The van der Waals surface area contributed by atoms with Gasteiger partial charge in [-0.1, -0.05) is 30.3 Å². The molecule has 9 heteroatoms. The maximum absolute atomic E-state index is 12.5. The zero-order valence-corrected chi connectivity index (χ0v) is 17.4. The number of rotatable bonds is 6. The molecule has 1 aliphatic rings. The highest BCUT2D eigenvalue weighted by molar-refractivity contribution is 5.92. The van der Waals surface area contributed by atoms with Crippen molar-refractivity contribution in [1.82, 2.24) is 29.7 Å². The van der Waals surface area contributed by atoms with Crippen LogP contribution in [0.25, 0.3) is 11.3 Å². The maximum Gasteiger partial charge on any atom is 0.270 e. The summed E-state index contributed by atoms with van der Waals surface area (Å²) in [5.41, 5.74) is 1.67. The molecule has 0 unspecified atom stereocenters. The fraction of sp³-hybridized carbons (Fsp3) is 0.318. The lowest BCUT2D eigenvalue weighted by molar-refractivity contribution is 0.0947. The van der Waals surface area contributed by atoms with Crippen LogP contribution >= 0.6 is 0 Å². The molecule has 1 N–H and O–H groups in total. The number of likely N-dealkylation sites (N-methyl/N-ethyl adjacent to an activating group) is 1. The molecule has 4 rings (SSSR count). The van der Waals surface area contributed by atoms with Crippen molar-refractivity contribution in [2.24, 2.45) is 0 Å². The number of hydrogen-bond donors (Lipinski definition) is 1. The molecule has 0 aliphatic carbocycles. The van der Waals surface area contributed by atoms with Crippen LogP contribution in [-0.2, 0) is 6.54 Å². The Kier molecular flexibility index (Phi) is 6.32. The van der Waals surface area contributed by atoms with Gasteiger partial charge in [0.15, 0.2) is 0 Å². The highest BCUT2D eigenvalue weighted by Crippen LogP contribution is 2.14. The molecule has 1 saturated heterocycles. The van der Waals surface area contributed by atoms with E-state index in [-0.39, 0.29) is 11.5 Å². The quantitative estimate of drug-likeness (QED) is 0.634. The molecule has 9 nitrogen and oxygen atoms in total. The summed E-state index contributed by atoms with van der Waals surface area (Å²) in [5.74, 6) is 0.463. The van der Waals surface area contributed by atoms with E-state index in [1.807, 2.05) is 30.3 Å². The van der Waals surface area contributed by atoms with Gasteiger partial charge in [-0.05, 0) is 7.05 Å². The van der Waals surface area contributed by atoms with Gasteiger partial charge in [0, 0.05) is 57.0 Å². The number of aromatic nitrogens is 4. The number of carbonyl (C=O) groups is 1. The summed E-state index contributed by atoms with van der Waals surface area (Å²) in [5, 5.41) is 2.81. The van der Waals surface area contributed by atoms with Gasteiger partial charge in [0.1, 0.15) is 17.8 Å². The third-order valence-electron chi connectivity index (χ3n) is 5.30. The topological polar surface area (TPSA) is 96.2 Å². The smallest absolute Gasteiger partial charge is 0.270 e. The molecule has 1 aromatic carbocycles. The fourth-order valence-electron chi connectivity index (χ4n) is 3.42. The average Bonchev–Trinajstić information content (AvgIpc) is 2.81. The fourth-order valence-corrected chi connectivity index (χ4v) is 3.42. The standard InChI is InChI=1S/C22H25N7O2/c1-27-9-11-28(12-10-27)20-13-19(24-15-25-20)22(31)23-7-8-29-16-26-18(14-21(29)30)17-5-3-2-4-6-17/h2-6,13-16H,7-12H2,1H3,(H,23,31). The predicted molar refractivity (Wildman–Crippen MR) is 118 cm³/mol. The van der Waals surface area contributed by atoms with Gasteiger partial charge in [-0.2, -0.15) is 0 Å². The number of nitrogens with one attached hydrogen (secondary N) is 1. The molecular weight excluding hydrogens is 394 g/mol. The van der Waals surface area contributed by atoms with Crippen molar-refractivity contribution < 1.29 is 4.79 Å². The number of hydrogen-bond acceptors (Lipinski definition) is 7. The zero-order valence-electron chi connectivity index (χ0n) is 17.4. The van der Waals surface area contributed by atoms with E-state index >= 15 is 0 Å². The van der Waals surface area contributed by atoms with Crippen LogP contribution in [0.15, 0.2) is 59.9 Å². The molecule has 31 heavy (non-hydrogen) atoms. The van der Waals surface area contributed by atoms with Crippen molar-refractivity contribution in [2.75, 3.05) is 44.7 Å². The van der Waals surface area contributed by atoms with Gasteiger partial charge in [-0.15, -0.1) is 0 Å². The first-order valence-electron chi connectivity index (χ1n) is 10.3. The second kappa shape index (κ2) is 9.48. The Balaban J connectivity index is 1.34. The summed E-state index contributed by atoms with van der Waals surface area (Å²) >= 11 is 0. The molecule has 1 amide bonds. The maximum atomic E-state index is 12.5. The van der Waals surface area contributed by atoms with E-state index in [1.54, 1.807) is 6.07 Å². The third-order valence-corrected chi connectivity index (χ3v) is 5.30. The minimum Gasteiger partial charge on any atom is -0.354 e. The highest BCUT2D eigenvalue weighted by atomic mass is 16.2. The van der Waals surface area contributed by atoms with E-state index in [1.165, 1.54) is 23.3 Å². The lowest BCUT2D eigenvalue weighted by Gasteiger charge is -2.33. The Morgan fingerprint density at radius 1 is 1.03 bits per heavy atom. The van der Waals surface area contributed by atoms with Crippen molar-refractivity contribution in [1.29, 1.82) is 0 Å². The molecule has 1 aliphatic heterocycles. The largest absolute Gasteiger partial charge is 0.354 e. The Bertz CT molecular complexity index is 1090. The number of amides is 1. The molecule has 0 radical (unpaired) electrons. The summed E-state index contributed by atoms with van der Waals surface area (Å²) in [7, 11) is 2.09. The van der Waals surface area contributed by atoms with Gasteiger partial charge in [-0.25, -0.2) is 15.0 Å². The van der Waals surface area contributed by atoms with E-state index in [9.17, 15) is 9.59 Å². The molecule has 0 bridgehead atoms.